The SMILES string of the molecule is [2H]C1Oc2ccc(OC[C@@H]3CNCC[C@H]3c3ccc(F)cc3)cc2O1. The Morgan fingerprint density at radius 1 is 1.17 bits per heavy atom. The van der Waals surface area contributed by atoms with Crippen LogP contribution in [0.5, 0.6) is 17.2 Å². The minimum atomic E-state index is -1.00. The van der Waals surface area contributed by atoms with E-state index < -0.39 is 6.77 Å². The van der Waals surface area contributed by atoms with Crippen LogP contribution >= 0.6 is 0 Å². The molecule has 1 saturated heterocycles. The fourth-order valence-corrected chi connectivity index (χ4v) is 3.35. The number of hydrogen-bond acceptors (Lipinski definition) is 4. The first-order valence-electron chi connectivity index (χ1n) is 8.75. The second kappa shape index (κ2) is 6.69. The molecule has 4 rings (SSSR count). The molecule has 1 N–H and O–H groups in total. The lowest BCUT2D eigenvalue weighted by molar-refractivity contribution is 0.173. The third kappa shape index (κ3) is 3.17. The molecule has 0 aliphatic carbocycles. The third-order valence-corrected chi connectivity index (χ3v) is 4.64. The van der Waals surface area contributed by atoms with Crippen molar-refractivity contribution in [2.75, 3.05) is 26.5 Å². The lowest BCUT2D eigenvalue weighted by Crippen LogP contribution is -2.38. The van der Waals surface area contributed by atoms with Gasteiger partial charge in [0.2, 0.25) is 6.77 Å². The highest BCUT2D eigenvalue weighted by Gasteiger charge is 2.27. The normalized spacial score (nSPS) is 26.0. The molecule has 2 aromatic carbocycles. The van der Waals surface area contributed by atoms with Gasteiger partial charge in [-0.2, -0.15) is 0 Å². The maximum atomic E-state index is 13.2. The molecule has 2 aliphatic rings. The standard InChI is InChI=1S/C19H20FNO3/c20-15-3-1-13(2-4-15)17-7-8-21-10-14(17)11-22-16-5-6-18-19(9-16)24-12-23-18/h1-6,9,14,17,21H,7-8,10-12H2/t14-,17-/m0/s1/i12D/t12?,14-,17-. The molecule has 3 atom stereocenters. The molecular formula is C19H20FNO3. The van der Waals surface area contributed by atoms with Gasteiger partial charge in [-0.05, 0) is 48.7 Å². The van der Waals surface area contributed by atoms with Crippen molar-refractivity contribution < 1.29 is 20.0 Å². The maximum absolute atomic E-state index is 13.2. The van der Waals surface area contributed by atoms with Gasteiger partial charge in [0.05, 0.1) is 6.61 Å². The summed E-state index contributed by atoms with van der Waals surface area (Å²) in [6.07, 6.45) is 1.00. The highest BCUT2D eigenvalue weighted by Crippen LogP contribution is 2.36. The van der Waals surface area contributed by atoms with Gasteiger partial charge in [0, 0.05) is 18.5 Å². The van der Waals surface area contributed by atoms with Crippen LogP contribution in [0, 0.1) is 11.7 Å². The quantitative estimate of drug-likeness (QED) is 0.933. The lowest BCUT2D eigenvalue weighted by atomic mass is 9.81. The van der Waals surface area contributed by atoms with E-state index in [-0.39, 0.29) is 5.82 Å². The maximum Gasteiger partial charge on any atom is 0.231 e. The van der Waals surface area contributed by atoms with Crippen molar-refractivity contribution in [3.63, 3.8) is 0 Å². The van der Waals surface area contributed by atoms with Gasteiger partial charge in [-0.25, -0.2) is 4.39 Å². The van der Waals surface area contributed by atoms with Crippen LogP contribution in [0.15, 0.2) is 42.5 Å². The highest BCUT2D eigenvalue weighted by molar-refractivity contribution is 5.46. The minimum Gasteiger partial charge on any atom is -0.493 e. The Bertz CT molecular complexity index is 740. The summed E-state index contributed by atoms with van der Waals surface area (Å²) < 4.78 is 37.1. The first kappa shape index (κ1) is 14.1. The fraction of sp³-hybridized carbons (Fsp3) is 0.368. The van der Waals surface area contributed by atoms with E-state index in [9.17, 15) is 4.39 Å². The molecule has 4 nitrogen and oxygen atoms in total. The van der Waals surface area contributed by atoms with E-state index in [4.69, 9.17) is 15.6 Å². The summed E-state index contributed by atoms with van der Waals surface area (Å²) in [6, 6.07) is 12.1. The van der Waals surface area contributed by atoms with Crippen molar-refractivity contribution in [2.45, 2.75) is 12.3 Å². The van der Waals surface area contributed by atoms with E-state index in [2.05, 4.69) is 5.32 Å². The van der Waals surface area contributed by atoms with Crippen LogP contribution in [-0.2, 0) is 0 Å². The summed E-state index contributed by atoms with van der Waals surface area (Å²) >= 11 is 0. The number of fused-ring (bicyclic) bond motifs is 1. The van der Waals surface area contributed by atoms with Crippen molar-refractivity contribution in [3.05, 3.63) is 53.8 Å². The molecule has 5 heteroatoms. The Hall–Kier alpha value is -2.27. The molecule has 1 unspecified atom stereocenters. The summed E-state index contributed by atoms with van der Waals surface area (Å²) in [5, 5.41) is 3.41. The van der Waals surface area contributed by atoms with Crippen LogP contribution in [-0.4, -0.2) is 26.5 Å². The summed E-state index contributed by atoms with van der Waals surface area (Å²) in [7, 11) is 0. The minimum absolute atomic E-state index is 0.210. The van der Waals surface area contributed by atoms with Gasteiger partial charge in [-0.3, -0.25) is 0 Å². The Morgan fingerprint density at radius 2 is 2.00 bits per heavy atom. The Balaban J connectivity index is 1.44. The van der Waals surface area contributed by atoms with Crippen LogP contribution < -0.4 is 19.5 Å². The third-order valence-electron chi connectivity index (χ3n) is 4.64. The summed E-state index contributed by atoms with van der Waals surface area (Å²) in [4.78, 5) is 0. The smallest absolute Gasteiger partial charge is 0.231 e. The highest BCUT2D eigenvalue weighted by atomic mass is 19.1. The van der Waals surface area contributed by atoms with Gasteiger partial charge >= 0.3 is 0 Å². The summed E-state index contributed by atoms with van der Waals surface area (Å²) in [5.41, 5.74) is 1.15. The van der Waals surface area contributed by atoms with Gasteiger partial charge in [-0.1, -0.05) is 12.1 Å². The molecule has 1 fully saturated rings. The number of ether oxygens (including phenoxy) is 3. The van der Waals surface area contributed by atoms with E-state index in [1.54, 1.807) is 12.1 Å². The molecule has 0 aromatic heterocycles. The van der Waals surface area contributed by atoms with Crippen molar-refractivity contribution in [1.82, 2.24) is 5.32 Å². The Morgan fingerprint density at radius 3 is 2.88 bits per heavy atom. The molecule has 0 saturated carbocycles. The largest absolute Gasteiger partial charge is 0.493 e. The molecule has 0 amide bonds. The lowest BCUT2D eigenvalue weighted by Gasteiger charge is -2.32. The topological polar surface area (TPSA) is 39.7 Å². The fourth-order valence-electron chi connectivity index (χ4n) is 3.35. The number of hydrogen-bond donors (Lipinski definition) is 1. The molecule has 0 spiro atoms. The monoisotopic (exact) mass is 330 g/mol. The second-order valence-electron chi connectivity index (χ2n) is 6.16. The van der Waals surface area contributed by atoms with E-state index in [1.165, 1.54) is 12.1 Å². The number of piperidine rings is 1. The van der Waals surface area contributed by atoms with E-state index >= 15 is 0 Å². The average molecular weight is 330 g/mol. The van der Waals surface area contributed by atoms with Gasteiger partial charge < -0.3 is 19.5 Å². The van der Waals surface area contributed by atoms with Crippen molar-refractivity contribution >= 4 is 0 Å². The van der Waals surface area contributed by atoms with Crippen LogP contribution in [0.4, 0.5) is 4.39 Å². The first-order chi connectivity index (χ1) is 12.2. The van der Waals surface area contributed by atoms with Gasteiger partial charge in [0.1, 0.15) is 12.9 Å². The van der Waals surface area contributed by atoms with Crippen molar-refractivity contribution in [2.24, 2.45) is 5.92 Å². The van der Waals surface area contributed by atoms with Crippen molar-refractivity contribution in [3.8, 4) is 17.2 Å². The molecule has 2 heterocycles. The van der Waals surface area contributed by atoms with E-state index in [0.717, 1.165) is 25.1 Å². The molecule has 126 valence electrons. The molecule has 24 heavy (non-hydrogen) atoms. The Labute approximate surface area is 141 Å². The zero-order chi connectivity index (χ0) is 17.2. The number of halogens is 1. The molecule has 0 bridgehead atoms. The van der Waals surface area contributed by atoms with Crippen LogP contribution in [0.1, 0.15) is 19.3 Å². The predicted octanol–water partition coefficient (Wildman–Crippen LogP) is 3.33. The number of benzene rings is 2. The van der Waals surface area contributed by atoms with Crippen LogP contribution in [0.25, 0.3) is 0 Å². The molecular weight excluding hydrogens is 309 g/mol. The Kier molecular flexibility index (Phi) is 3.93. The zero-order valence-electron chi connectivity index (χ0n) is 14.2. The summed E-state index contributed by atoms with van der Waals surface area (Å²) in [6.45, 7) is 1.36. The molecule has 2 aromatic rings. The van der Waals surface area contributed by atoms with Gasteiger partial charge in [0.25, 0.3) is 0 Å². The van der Waals surface area contributed by atoms with E-state index in [1.807, 2.05) is 18.2 Å². The first-order valence-corrected chi connectivity index (χ1v) is 8.17. The van der Waals surface area contributed by atoms with E-state index in [0.29, 0.717) is 35.7 Å². The average Bonchev–Trinajstić information content (AvgIpc) is 3.00. The number of nitrogens with one attached hydrogen (secondary N) is 1. The predicted molar refractivity (Wildman–Crippen MR) is 88.2 cm³/mol. The zero-order valence-corrected chi connectivity index (χ0v) is 13.2. The molecule has 0 radical (unpaired) electrons. The number of rotatable bonds is 4. The molecule has 2 aliphatic heterocycles. The van der Waals surface area contributed by atoms with Crippen molar-refractivity contribution in [1.29, 1.82) is 0 Å². The summed E-state index contributed by atoms with van der Waals surface area (Å²) in [5.74, 6) is 2.23. The second-order valence-corrected chi connectivity index (χ2v) is 6.16. The van der Waals surface area contributed by atoms with Crippen LogP contribution in [0.3, 0.4) is 0 Å². The van der Waals surface area contributed by atoms with Gasteiger partial charge in [-0.15, -0.1) is 0 Å². The van der Waals surface area contributed by atoms with Crippen LogP contribution in [0.2, 0.25) is 0 Å². The van der Waals surface area contributed by atoms with Gasteiger partial charge in [0.15, 0.2) is 11.5 Å².